The van der Waals surface area contributed by atoms with Crippen LogP contribution in [0, 0.1) is 5.92 Å². The Morgan fingerprint density at radius 3 is 2.38 bits per heavy atom. The van der Waals surface area contributed by atoms with Crippen molar-refractivity contribution in [2.75, 3.05) is 19.7 Å². The van der Waals surface area contributed by atoms with Crippen molar-refractivity contribution >= 4 is 15.9 Å². The smallest absolute Gasteiger partial charge is 0.367 e. The molecule has 1 aliphatic rings. The Labute approximate surface area is 184 Å². The van der Waals surface area contributed by atoms with Crippen molar-refractivity contribution < 1.29 is 31.1 Å². The van der Waals surface area contributed by atoms with Gasteiger partial charge in [-0.25, -0.2) is 8.42 Å². The zero-order chi connectivity index (χ0) is 23.2. The molecule has 0 aliphatic carbocycles. The van der Waals surface area contributed by atoms with Gasteiger partial charge in [-0.05, 0) is 36.1 Å². The first-order valence-electron chi connectivity index (χ1n) is 10.1. The second kappa shape index (κ2) is 10.4. The summed E-state index contributed by atoms with van der Waals surface area (Å²) in [4.78, 5) is 16.5. The van der Waals surface area contributed by atoms with Gasteiger partial charge in [0, 0.05) is 37.9 Å². The van der Waals surface area contributed by atoms with Crippen LogP contribution in [0.1, 0.15) is 24.0 Å². The highest BCUT2D eigenvalue weighted by Gasteiger charge is 2.32. The first-order chi connectivity index (χ1) is 15.1. The molecule has 0 spiro atoms. The minimum absolute atomic E-state index is 0.134. The lowest BCUT2D eigenvalue weighted by Gasteiger charge is -2.30. The molecular formula is C21H24F3N3O4S. The van der Waals surface area contributed by atoms with E-state index < -0.39 is 22.8 Å². The molecule has 1 saturated heterocycles. The summed E-state index contributed by atoms with van der Waals surface area (Å²) in [7, 11) is -3.62. The van der Waals surface area contributed by atoms with Crippen LogP contribution in [0.2, 0.25) is 0 Å². The molecule has 1 aromatic heterocycles. The quantitative estimate of drug-likeness (QED) is 0.640. The fourth-order valence-corrected chi connectivity index (χ4v) is 4.81. The maximum Gasteiger partial charge on any atom is 0.411 e. The maximum absolute atomic E-state index is 12.6. The highest BCUT2D eigenvalue weighted by Crippen LogP contribution is 2.23. The fourth-order valence-electron chi connectivity index (χ4n) is 3.38. The van der Waals surface area contributed by atoms with Crippen molar-refractivity contribution in [2.45, 2.75) is 37.1 Å². The second-order valence-electron chi connectivity index (χ2n) is 7.51. The van der Waals surface area contributed by atoms with E-state index in [2.05, 4.69) is 15.0 Å². The predicted molar refractivity (Wildman–Crippen MR) is 110 cm³/mol. The average Bonchev–Trinajstić information content (AvgIpc) is 2.78. The summed E-state index contributed by atoms with van der Waals surface area (Å²) in [5.41, 5.74) is 1.40. The number of halogens is 3. The number of nitrogens with one attached hydrogen (secondary N) is 1. The summed E-state index contributed by atoms with van der Waals surface area (Å²) in [5, 5.41) is 2.84. The third-order valence-corrected chi connectivity index (χ3v) is 7.00. The zero-order valence-corrected chi connectivity index (χ0v) is 18.0. The number of amides is 1. The number of alkyl halides is 3. The van der Waals surface area contributed by atoms with E-state index >= 15 is 0 Å². The molecule has 1 amide bonds. The number of benzene rings is 1. The predicted octanol–water partition coefficient (Wildman–Crippen LogP) is 2.88. The lowest BCUT2D eigenvalue weighted by Crippen LogP contribution is -2.42. The first-order valence-corrected chi connectivity index (χ1v) is 11.5. The van der Waals surface area contributed by atoms with E-state index in [9.17, 15) is 26.4 Å². The van der Waals surface area contributed by atoms with E-state index in [0.29, 0.717) is 18.4 Å². The summed E-state index contributed by atoms with van der Waals surface area (Å²) < 4.78 is 67.6. The van der Waals surface area contributed by atoms with Crippen LogP contribution in [0.4, 0.5) is 13.2 Å². The third-order valence-electron chi connectivity index (χ3n) is 5.12. The number of hydrogen-bond donors (Lipinski definition) is 1. The van der Waals surface area contributed by atoms with Gasteiger partial charge in [-0.1, -0.05) is 24.3 Å². The summed E-state index contributed by atoms with van der Waals surface area (Å²) >= 11 is 0. The standard InChI is InChI=1S/C21H24F3N3O4S/c22-21(23,24)15-31-14-17-5-3-16(4-6-17)12-26-20(28)18-7-10-27(11-8-18)32(29,30)19-2-1-9-25-13-19/h1-6,9,13,18H,7-8,10-12,14-15H2,(H,26,28). The van der Waals surface area contributed by atoms with Gasteiger partial charge < -0.3 is 10.1 Å². The van der Waals surface area contributed by atoms with Gasteiger partial charge in [-0.15, -0.1) is 0 Å². The summed E-state index contributed by atoms with van der Waals surface area (Å²) in [5.74, 6) is -0.439. The van der Waals surface area contributed by atoms with Gasteiger partial charge in [0.25, 0.3) is 0 Å². The summed E-state index contributed by atoms with van der Waals surface area (Å²) in [6.07, 6.45) is -0.711. The number of pyridine rings is 1. The molecule has 3 rings (SSSR count). The Bertz CT molecular complexity index is 991. The number of ether oxygens (including phenoxy) is 1. The maximum atomic E-state index is 12.6. The Morgan fingerprint density at radius 1 is 1.12 bits per heavy atom. The molecule has 2 heterocycles. The number of nitrogens with zero attached hydrogens (tertiary/aromatic N) is 2. The second-order valence-corrected chi connectivity index (χ2v) is 9.45. The van der Waals surface area contributed by atoms with E-state index in [1.807, 2.05) is 0 Å². The van der Waals surface area contributed by atoms with E-state index in [1.165, 1.54) is 22.8 Å². The Balaban J connectivity index is 1.43. The van der Waals surface area contributed by atoms with Gasteiger partial charge in [-0.3, -0.25) is 9.78 Å². The molecule has 0 bridgehead atoms. The minimum Gasteiger partial charge on any atom is -0.367 e. The number of sulfonamides is 1. The molecule has 1 aliphatic heterocycles. The topological polar surface area (TPSA) is 88.6 Å². The molecule has 0 atom stereocenters. The van der Waals surface area contributed by atoms with E-state index in [1.54, 1.807) is 30.3 Å². The van der Waals surface area contributed by atoms with Crippen LogP contribution in [0.3, 0.4) is 0 Å². The van der Waals surface area contributed by atoms with Crippen LogP contribution < -0.4 is 5.32 Å². The third kappa shape index (κ3) is 6.75. The number of hydrogen-bond acceptors (Lipinski definition) is 5. The normalized spacial score (nSPS) is 16.1. The van der Waals surface area contributed by atoms with Gasteiger partial charge in [0.2, 0.25) is 15.9 Å². The SMILES string of the molecule is O=C(NCc1ccc(COCC(F)(F)F)cc1)C1CCN(S(=O)(=O)c2cccnc2)CC1. The highest BCUT2D eigenvalue weighted by atomic mass is 32.2. The number of carbonyl (C=O) groups is 1. The zero-order valence-electron chi connectivity index (χ0n) is 17.2. The Kier molecular flexibility index (Phi) is 7.86. The molecule has 32 heavy (non-hydrogen) atoms. The molecular weight excluding hydrogens is 447 g/mol. The van der Waals surface area contributed by atoms with Gasteiger partial charge >= 0.3 is 6.18 Å². The average molecular weight is 472 g/mol. The molecule has 0 unspecified atom stereocenters. The van der Waals surface area contributed by atoms with Crippen LogP contribution in [0.15, 0.2) is 53.7 Å². The molecule has 1 N–H and O–H groups in total. The lowest BCUT2D eigenvalue weighted by molar-refractivity contribution is -0.176. The monoisotopic (exact) mass is 471 g/mol. The highest BCUT2D eigenvalue weighted by molar-refractivity contribution is 7.89. The fraction of sp³-hybridized carbons (Fsp3) is 0.429. The number of piperidine rings is 1. The van der Waals surface area contributed by atoms with Gasteiger partial charge in [0.05, 0.1) is 6.61 Å². The Morgan fingerprint density at radius 2 is 1.78 bits per heavy atom. The van der Waals surface area contributed by atoms with Crippen molar-refractivity contribution in [3.05, 3.63) is 59.9 Å². The number of rotatable bonds is 8. The van der Waals surface area contributed by atoms with Gasteiger partial charge in [0.15, 0.2) is 0 Å². The van der Waals surface area contributed by atoms with Crippen LogP contribution in [-0.4, -0.2) is 49.5 Å². The largest absolute Gasteiger partial charge is 0.411 e. The van der Waals surface area contributed by atoms with Crippen LogP contribution in [-0.2, 0) is 32.7 Å². The molecule has 0 saturated carbocycles. The minimum atomic E-state index is -4.36. The molecule has 7 nitrogen and oxygen atoms in total. The van der Waals surface area contributed by atoms with Crippen molar-refractivity contribution in [2.24, 2.45) is 5.92 Å². The molecule has 2 aromatic rings. The molecule has 174 valence electrons. The van der Waals surface area contributed by atoms with Crippen LogP contribution in [0.25, 0.3) is 0 Å². The number of carbonyl (C=O) groups excluding carboxylic acids is 1. The molecule has 0 radical (unpaired) electrons. The summed E-state index contributed by atoms with van der Waals surface area (Å²) in [6, 6.07) is 9.80. The van der Waals surface area contributed by atoms with Crippen molar-refractivity contribution in [1.29, 1.82) is 0 Å². The van der Waals surface area contributed by atoms with Gasteiger partial charge in [0.1, 0.15) is 11.5 Å². The first kappa shape index (κ1) is 24.1. The van der Waals surface area contributed by atoms with Crippen molar-refractivity contribution in [3.63, 3.8) is 0 Å². The molecule has 11 heteroatoms. The van der Waals surface area contributed by atoms with E-state index in [-0.39, 0.29) is 43.0 Å². The van der Waals surface area contributed by atoms with E-state index in [4.69, 9.17) is 0 Å². The number of aromatic nitrogens is 1. The van der Waals surface area contributed by atoms with Crippen LogP contribution in [0.5, 0.6) is 0 Å². The summed E-state index contributed by atoms with van der Waals surface area (Å²) in [6.45, 7) is -0.666. The van der Waals surface area contributed by atoms with Gasteiger partial charge in [-0.2, -0.15) is 17.5 Å². The lowest BCUT2D eigenvalue weighted by atomic mass is 9.97. The Hall–Kier alpha value is -2.50. The van der Waals surface area contributed by atoms with E-state index in [0.717, 1.165) is 5.56 Å². The van der Waals surface area contributed by atoms with Crippen LogP contribution >= 0.6 is 0 Å². The molecule has 1 fully saturated rings. The van der Waals surface area contributed by atoms with Crippen molar-refractivity contribution in [3.8, 4) is 0 Å². The van der Waals surface area contributed by atoms with Crippen molar-refractivity contribution in [1.82, 2.24) is 14.6 Å². The molecule has 1 aromatic carbocycles.